The Labute approximate surface area is 132 Å². The van der Waals surface area contributed by atoms with Crippen molar-refractivity contribution < 1.29 is 13.2 Å². The van der Waals surface area contributed by atoms with Crippen molar-refractivity contribution in [2.24, 2.45) is 5.92 Å². The Kier molecular flexibility index (Phi) is 4.52. The molecule has 3 rings (SSSR count). The van der Waals surface area contributed by atoms with Gasteiger partial charge in [-0.1, -0.05) is 30.3 Å². The van der Waals surface area contributed by atoms with Gasteiger partial charge in [0, 0.05) is 12.6 Å². The Hall–Kier alpha value is -1.36. The number of amides is 1. The Morgan fingerprint density at radius 3 is 2.59 bits per heavy atom. The van der Waals surface area contributed by atoms with E-state index in [1.54, 1.807) is 0 Å². The third-order valence-corrected chi connectivity index (χ3v) is 6.57. The van der Waals surface area contributed by atoms with E-state index >= 15 is 0 Å². The highest BCUT2D eigenvalue weighted by Gasteiger charge is 2.38. The molecule has 1 aromatic carbocycles. The number of sulfone groups is 1. The van der Waals surface area contributed by atoms with Crippen LogP contribution < -0.4 is 0 Å². The summed E-state index contributed by atoms with van der Waals surface area (Å²) in [4.78, 5) is 14.7. The Morgan fingerprint density at radius 2 is 1.91 bits per heavy atom. The van der Waals surface area contributed by atoms with E-state index in [1.165, 1.54) is 5.56 Å². The lowest BCUT2D eigenvalue weighted by Gasteiger charge is -2.37. The first-order valence-corrected chi connectivity index (χ1v) is 9.92. The molecule has 2 fully saturated rings. The monoisotopic (exact) mass is 321 g/mol. The summed E-state index contributed by atoms with van der Waals surface area (Å²) in [6.45, 7) is 0.771. The number of rotatable bonds is 3. The average molecular weight is 321 g/mol. The fourth-order valence-corrected chi connectivity index (χ4v) is 5.35. The van der Waals surface area contributed by atoms with E-state index in [0.717, 1.165) is 32.2 Å². The van der Waals surface area contributed by atoms with Crippen LogP contribution in [0.5, 0.6) is 0 Å². The summed E-state index contributed by atoms with van der Waals surface area (Å²) in [7, 11) is -3.00. The van der Waals surface area contributed by atoms with E-state index in [1.807, 2.05) is 23.1 Å². The fourth-order valence-electron chi connectivity index (χ4n) is 3.61. The third-order valence-electron chi connectivity index (χ3n) is 4.81. The molecule has 0 N–H and O–H groups in total. The van der Waals surface area contributed by atoms with Crippen molar-refractivity contribution in [3.05, 3.63) is 35.9 Å². The van der Waals surface area contributed by atoms with Gasteiger partial charge >= 0.3 is 0 Å². The topological polar surface area (TPSA) is 54.5 Å². The molecule has 2 heterocycles. The predicted octanol–water partition coefficient (Wildman–Crippen LogP) is 2.04. The van der Waals surface area contributed by atoms with Crippen LogP contribution in [-0.4, -0.2) is 43.3 Å². The maximum atomic E-state index is 12.8. The van der Waals surface area contributed by atoms with Gasteiger partial charge in [-0.25, -0.2) is 8.42 Å². The minimum absolute atomic E-state index is 0.0421. The first kappa shape index (κ1) is 15.5. The lowest BCUT2D eigenvalue weighted by atomic mass is 9.94. The van der Waals surface area contributed by atoms with Crippen molar-refractivity contribution in [2.75, 3.05) is 18.1 Å². The van der Waals surface area contributed by atoms with E-state index in [0.29, 0.717) is 6.42 Å². The molecule has 2 aliphatic heterocycles. The molecule has 0 aromatic heterocycles. The SMILES string of the molecule is O=C([C@@H]1CCS(=O)(=O)C1)N1CCCC[C@@H]1Cc1ccccc1. The summed E-state index contributed by atoms with van der Waals surface area (Å²) in [6, 6.07) is 10.4. The molecule has 2 aliphatic rings. The Morgan fingerprint density at radius 1 is 1.14 bits per heavy atom. The van der Waals surface area contributed by atoms with Gasteiger partial charge in [-0.2, -0.15) is 0 Å². The molecule has 0 spiro atoms. The molecule has 0 unspecified atom stereocenters. The number of nitrogens with zero attached hydrogens (tertiary/aromatic N) is 1. The van der Waals surface area contributed by atoms with Crippen LogP contribution in [0.2, 0.25) is 0 Å². The largest absolute Gasteiger partial charge is 0.339 e. The van der Waals surface area contributed by atoms with Gasteiger partial charge < -0.3 is 4.90 Å². The van der Waals surface area contributed by atoms with E-state index < -0.39 is 9.84 Å². The number of likely N-dealkylation sites (tertiary alicyclic amines) is 1. The molecule has 1 amide bonds. The molecular formula is C17H23NO3S. The number of hydrogen-bond acceptors (Lipinski definition) is 3. The molecule has 5 heteroatoms. The predicted molar refractivity (Wildman–Crippen MR) is 86.3 cm³/mol. The first-order chi connectivity index (χ1) is 10.6. The molecule has 2 atom stereocenters. The highest BCUT2D eigenvalue weighted by atomic mass is 32.2. The summed E-state index contributed by atoms with van der Waals surface area (Å²) in [6.07, 6.45) is 4.54. The first-order valence-electron chi connectivity index (χ1n) is 8.10. The van der Waals surface area contributed by atoms with Crippen molar-refractivity contribution in [3.63, 3.8) is 0 Å². The lowest BCUT2D eigenvalue weighted by molar-refractivity contribution is -0.138. The smallest absolute Gasteiger partial charge is 0.226 e. The van der Waals surface area contributed by atoms with Crippen molar-refractivity contribution >= 4 is 15.7 Å². The van der Waals surface area contributed by atoms with Crippen LogP contribution in [0.3, 0.4) is 0 Å². The van der Waals surface area contributed by atoms with Gasteiger partial charge in [0.25, 0.3) is 0 Å². The standard InChI is InChI=1S/C17H23NO3S/c19-17(15-9-11-22(20,21)13-15)18-10-5-4-8-16(18)12-14-6-2-1-3-7-14/h1-3,6-7,15-16H,4-5,8-13H2/t15-,16-/m1/s1. The van der Waals surface area contributed by atoms with Crippen LogP contribution in [0, 0.1) is 5.92 Å². The Bertz CT molecular complexity index is 627. The van der Waals surface area contributed by atoms with Crippen LogP contribution in [0.1, 0.15) is 31.2 Å². The van der Waals surface area contributed by atoms with E-state index in [-0.39, 0.29) is 29.4 Å². The molecule has 1 aromatic rings. The summed E-state index contributed by atoms with van der Waals surface area (Å²) < 4.78 is 23.3. The summed E-state index contributed by atoms with van der Waals surface area (Å²) >= 11 is 0. The van der Waals surface area contributed by atoms with Crippen molar-refractivity contribution in [1.29, 1.82) is 0 Å². The van der Waals surface area contributed by atoms with Crippen LogP contribution in [0.4, 0.5) is 0 Å². The molecule has 0 bridgehead atoms. The van der Waals surface area contributed by atoms with E-state index in [2.05, 4.69) is 12.1 Å². The summed E-state index contributed by atoms with van der Waals surface area (Å²) in [5.74, 6) is -0.0517. The minimum atomic E-state index is -3.00. The average Bonchev–Trinajstić information content (AvgIpc) is 2.88. The van der Waals surface area contributed by atoms with Crippen molar-refractivity contribution in [2.45, 2.75) is 38.1 Å². The zero-order valence-electron chi connectivity index (χ0n) is 12.8. The molecule has 120 valence electrons. The third kappa shape index (κ3) is 3.51. The number of hydrogen-bond donors (Lipinski definition) is 0. The van der Waals surface area contributed by atoms with Crippen molar-refractivity contribution in [3.8, 4) is 0 Å². The van der Waals surface area contributed by atoms with Crippen molar-refractivity contribution in [1.82, 2.24) is 4.90 Å². The van der Waals surface area contributed by atoms with Gasteiger partial charge in [0.2, 0.25) is 5.91 Å². The van der Waals surface area contributed by atoms with Gasteiger partial charge in [0.1, 0.15) is 0 Å². The molecular weight excluding hydrogens is 298 g/mol. The normalized spacial score (nSPS) is 27.7. The molecule has 2 saturated heterocycles. The highest BCUT2D eigenvalue weighted by molar-refractivity contribution is 7.91. The molecule has 22 heavy (non-hydrogen) atoms. The second-order valence-corrected chi connectivity index (χ2v) is 8.70. The van der Waals surface area contributed by atoms with Gasteiger partial charge in [0.15, 0.2) is 9.84 Å². The second kappa shape index (κ2) is 6.41. The maximum Gasteiger partial charge on any atom is 0.226 e. The number of benzene rings is 1. The summed E-state index contributed by atoms with van der Waals surface area (Å²) in [5.41, 5.74) is 1.24. The number of carbonyl (C=O) groups is 1. The second-order valence-electron chi connectivity index (χ2n) is 6.47. The maximum absolute atomic E-state index is 12.8. The van der Waals surface area contributed by atoms with E-state index in [9.17, 15) is 13.2 Å². The van der Waals surface area contributed by atoms with Crippen LogP contribution in [0.25, 0.3) is 0 Å². The van der Waals surface area contributed by atoms with Gasteiger partial charge in [-0.05, 0) is 37.7 Å². The zero-order chi connectivity index (χ0) is 15.6. The van der Waals surface area contributed by atoms with Crippen LogP contribution >= 0.6 is 0 Å². The van der Waals surface area contributed by atoms with Crippen LogP contribution in [-0.2, 0) is 21.1 Å². The minimum Gasteiger partial charge on any atom is -0.339 e. The van der Waals surface area contributed by atoms with Gasteiger partial charge in [0.05, 0.1) is 17.4 Å². The van der Waals surface area contributed by atoms with Crippen LogP contribution in [0.15, 0.2) is 30.3 Å². The highest BCUT2D eigenvalue weighted by Crippen LogP contribution is 2.27. The van der Waals surface area contributed by atoms with Gasteiger partial charge in [-0.3, -0.25) is 4.79 Å². The van der Waals surface area contributed by atoms with E-state index in [4.69, 9.17) is 0 Å². The molecule has 0 radical (unpaired) electrons. The fraction of sp³-hybridized carbons (Fsp3) is 0.588. The Balaban J connectivity index is 1.71. The molecule has 0 saturated carbocycles. The van der Waals surface area contributed by atoms with Gasteiger partial charge in [-0.15, -0.1) is 0 Å². The molecule has 0 aliphatic carbocycles. The number of carbonyl (C=O) groups excluding carboxylic acids is 1. The zero-order valence-corrected chi connectivity index (χ0v) is 13.6. The molecule has 4 nitrogen and oxygen atoms in total. The number of piperidine rings is 1. The quantitative estimate of drug-likeness (QED) is 0.856. The summed E-state index contributed by atoms with van der Waals surface area (Å²) in [5, 5.41) is 0. The lowest BCUT2D eigenvalue weighted by Crippen LogP contribution is -2.47.